The minimum Gasteiger partial charge on any atom is -0.493 e. The van der Waals surface area contributed by atoms with Gasteiger partial charge in [0.25, 0.3) is 0 Å². The number of nitrogen functional groups attached to an aromatic ring is 1. The van der Waals surface area contributed by atoms with Crippen LogP contribution in [0.15, 0.2) is 48.8 Å². The van der Waals surface area contributed by atoms with E-state index in [0.29, 0.717) is 31.0 Å². The molecule has 1 heterocycles. The van der Waals surface area contributed by atoms with Crippen molar-refractivity contribution in [3.05, 3.63) is 54.4 Å². The Kier molecular flexibility index (Phi) is 5.58. The van der Waals surface area contributed by atoms with Crippen molar-refractivity contribution in [2.45, 2.75) is 12.8 Å². The molecule has 0 atom stereocenters. The molecule has 0 unspecified atom stereocenters. The minimum absolute atomic E-state index is 0.0191. The fourth-order valence-corrected chi connectivity index (χ4v) is 1.81. The summed E-state index contributed by atoms with van der Waals surface area (Å²) in [5.74, 6) is 0.696. The number of ether oxygens (including phenoxy) is 1. The second kappa shape index (κ2) is 7.89. The summed E-state index contributed by atoms with van der Waals surface area (Å²) >= 11 is 0. The van der Waals surface area contributed by atoms with Crippen LogP contribution in [-0.4, -0.2) is 24.0 Å². The van der Waals surface area contributed by atoms with Crippen LogP contribution in [0, 0.1) is 0 Å². The van der Waals surface area contributed by atoms with Crippen LogP contribution in [0.3, 0.4) is 0 Å². The Morgan fingerprint density at radius 1 is 1.24 bits per heavy atom. The van der Waals surface area contributed by atoms with Crippen molar-refractivity contribution in [1.82, 2.24) is 10.3 Å². The number of nitrogens with two attached hydrogens (primary N) is 1. The highest BCUT2D eigenvalue weighted by Crippen LogP contribution is 2.13. The zero-order valence-electron chi connectivity index (χ0n) is 11.8. The lowest BCUT2D eigenvalue weighted by Crippen LogP contribution is -2.27. The number of nitrogens with one attached hydrogen (secondary N) is 1. The summed E-state index contributed by atoms with van der Waals surface area (Å²) in [7, 11) is 0. The molecule has 0 saturated carbocycles. The van der Waals surface area contributed by atoms with Gasteiger partial charge in [-0.25, -0.2) is 0 Å². The molecule has 0 saturated heterocycles. The van der Waals surface area contributed by atoms with E-state index in [1.54, 1.807) is 36.7 Å². The average molecular weight is 285 g/mol. The van der Waals surface area contributed by atoms with Gasteiger partial charge in [-0.05, 0) is 42.3 Å². The summed E-state index contributed by atoms with van der Waals surface area (Å²) in [6, 6.07) is 11.0. The number of carbonyl (C=O) groups excluding carboxylic acids is 1. The number of carbonyl (C=O) groups is 1. The normalized spacial score (nSPS) is 10.1. The maximum Gasteiger partial charge on any atom is 0.223 e. The molecule has 0 aliphatic rings. The SMILES string of the molecule is Nc1ccc(OCCC(=O)NCCc2cccnc2)cc1. The van der Waals surface area contributed by atoms with Gasteiger partial charge in [-0.2, -0.15) is 0 Å². The monoisotopic (exact) mass is 285 g/mol. The minimum atomic E-state index is -0.0191. The van der Waals surface area contributed by atoms with E-state index in [4.69, 9.17) is 10.5 Å². The number of nitrogens with zero attached hydrogens (tertiary/aromatic N) is 1. The van der Waals surface area contributed by atoms with E-state index >= 15 is 0 Å². The largest absolute Gasteiger partial charge is 0.493 e. The fourth-order valence-electron chi connectivity index (χ4n) is 1.81. The van der Waals surface area contributed by atoms with E-state index in [-0.39, 0.29) is 5.91 Å². The first-order chi connectivity index (χ1) is 10.2. The third-order valence-corrected chi connectivity index (χ3v) is 2.94. The van der Waals surface area contributed by atoms with Crippen molar-refractivity contribution in [2.24, 2.45) is 0 Å². The molecule has 5 heteroatoms. The first kappa shape index (κ1) is 14.8. The molecule has 1 amide bonds. The zero-order valence-corrected chi connectivity index (χ0v) is 11.8. The van der Waals surface area contributed by atoms with Crippen LogP contribution in [0.2, 0.25) is 0 Å². The smallest absolute Gasteiger partial charge is 0.223 e. The van der Waals surface area contributed by atoms with Gasteiger partial charge in [0, 0.05) is 24.6 Å². The van der Waals surface area contributed by atoms with Crippen molar-refractivity contribution in [1.29, 1.82) is 0 Å². The van der Waals surface area contributed by atoms with E-state index in [1.165, 1.54) is 0 Å². The van der Waals surface area contributed by atoms with E-state index in [1.807, 2.05) is 12.1 Å². The number of rotatable bonds is 7. The maximum absolute atomic E-state index is 11.7. The highest BCUT2D eigenvalue weighted by molar-refractivity contribution is 5.75. The van der Waals surface area contributed by atoms with Crippen LogP contribution >= 0.6 is 0 Å². The molecular formula is C16H19N3O2. The lowest BCUT2D eigenvalue weighted by atomic mass is 10.2. The van der Waals surface area contributed by atoms with Gasteiger partial charge in [-0.1, -0.05) is 6.07 Å². The quantitative estimate of drug-likeness (QED) is 0.760. The number of aromatic nitrogens is 1. The number of amides is 1. The van der Waals surface area contributed by atoms with Crippen molar-refractivity contribution in [2.75, 3.05) is 18.9 Å². The predicted molar refractivity (Wildman–Crippen MR) is 81.9 cm³/mol. The van der Waals surface area contributed by atoms with Gasteiger partial charge in [-0.3, -0.25) is 9.78 Å². The number of pyridine rings is 1. The van der Waals surface area contributed by atoms with Gasteiger partial charge in [0.05, 0.1) is 13.0 Å². The van der Waals surface area contributed by atoms with Crippen LogP contribution in [0.25, 0.3) is 0 Å². The topological polar surface area (TPSA) is 77.2 Å². The summed E-state index contributed by atoms with van der Waals surface area (Å²) in [6.45, 7) is 0.953. The maximum atomic E-state index is 11.7. The molecule has 0 aliphatic carbocycles. The molecule has 21 heavy (non-hydrogen) atoms. The zero-order chi connectivity index (χ0) is 14.9. The molecule has 0 aliphatic heterocycles. The molecule has 1 aromatic heterocycles. The average Bonchev–Trinajstić information content (AvgIpc) is 2.50. The van der Waals surface area contributed by atoms with Gasteiger partial charge >= 0.3 is 0 Å². The van der Waals surface area contributed by atoms with Gasteiger partial charge < -0.3 is 15.8 Å². The molecule has 2 rings (SSSR count). The number of benzene rings is 1. The van der Waals surface area contributed by atoms with Crippen LogP contribution in [-0.2, 0) is 11.2 Å². The Labute approximate surface area is 124 Å². The third kappa shape index (κ3) is 5.52. The van der Waals surface area contributed by atoms with Crippen LogP contribution in [0.5, 0.6) is 5.75 Å². The Bertz CT molecular complexity index is 555. The standard InChI is InChI=1S/C16H19N3O2/c17-14-3-5-15(6-4-14)21-11-8-16(20)19-10-7-13-2-1-9-18-12-13/h1-6,9,12H,7-8,10-11,17H2,(H,19,20). The molecule has 3 N–H and O–H groups in total. The molecule has 0 spiro atoms. The molecule has 0 bridgehead atoms. The summed E-state index contributed by atoms with van der Waals surface area (Å²) < 4.78 is 5.47. The third-order valence-electron chi connectivity index (χ3n) is 2.94. The molecule has 5 nitrogen and oxygen atoms in total. The Morgan fingerprint density at radius 2 is 2.05 bits per heavy atom. The van der Waals surface area contributed by atoms with Gasteiger partial charge in [0.15, 0.2) is 0 Å². The van der Waals surface area contributed by atoms with Crippen molar-refractivity contribution in [3.63, 3.8) is 0 Å². The second-order valence-corrected chi connectivity index (χ2v) is 4.63. The lowest BCUT2D eigenvalue weighted by Gasteiger charge is -2.07. The van der Waals surface area contributed by atoms with Crippen molar-refractivity contribution < 1.29 is 9.53 Å². The van der Waals surface area contributed by atoms with Crippen molar-refractivity contribution >= 4 is 11.6 Å². The van der Waals surface area contributed by atoms with Crippen molar-refractivity contribution in [3.8, 4) is 5.75 Å². The van der Waals surface area contributed by atoms with E-state index in [0.717, 1.165) is 12.0 Å². The lowest BCUT2D eigenvalue weighted by molar-refractivity contribution is -0.121. The molecule has 110 valence electrons. The van der Waals surface area contributed by atoms with Crippen LogP contribution in [0.4, 0.5) is 5.69 Å². The first-order valence-corrected chi connectivity index (χ1v) is 6.88. The Hall–Kier alpha value is -2.56. The summed E-state index contributed by atoms with van der Waals surface area (Å²) in [5.41, 5.74) is 7.38. The fraction of sp³-hybridized carbons (Fsp3) is 0.250. The molecule has 0 radical (unpaired) electrons. The number of hydrogen-bond acceptors (Lipinski definition) is 4. The molecule has 2 aromatic rings. The van der Waals surface area contributed by atoms with Gasteiger partial charge in [-0.15, -0.1) is 0 Å². The van der Waals surface area contributed by atoms with E-state index < -0.39 is 0 Å². The number of anilines is 1. The van der Waals surface area contributed by atoms with Gasteiger partial charge in [0.2, 0.25) is 5.91 Å². The Balaban J connectivity index is 1.60. The summed E-state index contributed by atoms with van der Waals surface area (Å²) in [6.07, 6.45) is 4.64. The number of hydrogen-bond donors (Lipinski definition) is 2. The van der Waals surface area contributed by atoms with Gasteiger partial charge in [0.1, 0.15) is 5.75 Å². The highest BCUT2D eigenvalue weighted by Gasteiger charge is 2.02. The summed E-state index contributed by atoms with van der Waals surface area (Å²) in [5, 5.41) is 2.86. The molecular weight excluding hydrogens is 266 g/mol. The summed E-state index contributed by atoms with van der Waals surface area (Å²) in [4.78, 5) is 15.7. The molecule has 0 fully saturated rings. The van der Waals surface area contributed by atoms with E-state index in [9.17, 15) is 4.79 Å². The van der Waals surface area contributed by atoms with E-state index in [2.05, 4.69) is 10.3 Å². The Morgan fingerprint density at radius 3 is 2.76 bits per heavy atom. The van der Waals surface area contributed by atoms with Crippen LogP contribution < -0.4 is 15.8 Å². The predicted octanol–water partition coefficient (Wildman–Crippen LogP) is 1.79. The highest BCUT2D eigenvalue weighted by atomic mass is 16.5. The van der Waals surface area contributed by atoms with Crippen LogP contribution in [0.1, 0.15) is 12.0 Å². The molecule has 1 aromatic carbocycles. The first-order valence-electron chi connectivity index (χ1n) is 6.88. The second-order valence-electron chi connectivity index (χ2n) is 4.63.